The molecule has 0 rings (SSSR count). The van der Waals surface area contributed by atoms with Crippen LogP contribution in [0.25, 0.3) is 0 Å². The van der Waals surface area contributed by atoms with E-state index in [-0.39, 0.29) is 5.97 Å². The Morgan fingerprint density at radius 3 is 1.94 bits per heavy atom. The van der Waals surface area contributed by atoms with Crippen LogP contribution in [0, 0.1) is 0 Å². The first-order chi connectivity index (χ1) is 7.35. The number of nitrogens with two attached hydrogens (primary N) is 1. The van der Waals surface area contributed by atoms with Crippen molar-refractivity contribution >= 4 is 11.9 Å². The lowest BCUT2D eigenvalue weighted by Gasteiger charge is -2.19. The summed E-state index contributed by atoms with van der Waals surface area (Å²) >= 11 is 0. The van der Waals surface area contributed by atoms with E-state index in [9.17, 15) is 9.59 Å². The summed E-state index contributed by atoms with van der Waals surface area (Å²) in [5.41, 5.74) is -0.430. The molecular weight excluding hydrogens is 210 g/mol. The molecule has 0 amide bonds. The van der Waals surface area contributed by atoms with Crippen molar-refractivity contribution < 1.29 is 19.2 Å². The highest BCUT2D eigenvalue weighted by atomic mass is 16.7. The Morgan fingerprint density at radius 1 is 1.00 bits per heavy atom. The predicted octanol–water partition coefficient (Wildman–Crippen LogP) is 1.70. The molecule has 94 valence electrons. The maximum absolute atomic E-state index is 11.3. The van der Waals surface area contributed by atoms with Gasteiger partial charge in [0.05, 0.1) is 0 Å². The summed E-state index contributed by atoms with van der Waals surface area (Å²) in [4.78, 5) is 25.9. The summed E-state index contributed by atoms with van der Waals surface area (Å²) in [6.45, 7) is 5.51. The minimum Gasteiger partial charge on any atom is -0.460 e. The van der Waals surface area contributed by atoms with Crippen molar-refractivity contribution in [1.82, 2.24) is 0 Å². The molecule has 0 saturated heterocycles. The normalized spacial score (nSPS) is 11.0. The van der Waals surface area contributed by atoms with E-state index in [0.29, 0.717) is 25.7 Å². The van der Waals surface area contributed by atoms with Crippen molar-refractivity contribution in [3.63, 3.8) is 0 Å². The molecule has 2 N–H and O–H groups in total. The fourth-order valence-electron chi connectivity index (χ4n) is 1.17. The number of carbonyl (C=O) groups excluding carboxylic acids is 2. The first kappa shape index (κ1) is 14.9. The summed E-state index contributed by atoms with van der Waals surface area (Å²) < 4.78 is 5.14. The number of hydrogen-bond donors (Lipinski definition) is 1. The van der Waals surface area contributed by atoms with Gasteiger partial charge < -0.3 is 9.57 Å². The van der Waals surface area contributed by atoms with Crippen LogP contribution in [0.4, 0.5) is 0 Å². The molecule has 0 aromatic carbocycles. The molecule has 0 saturated carbocycles. The average molecular weight is 231 g/mol. The third-order valence-corrected chi connectivity index (χ3v) is 1.81. The van der Waals surface area contributed by atoms with E-state index in [2.05, 4.69) is 10.7 Å². The second kappa shape index (κ2) is 7.22. The van der Waals surface area contributed by atoms with Gasteiger partial charge in [0.2, 0.25) is 0 Å². The lowest BCUT2D eigenvalue weighted by atomic mass is 10.1. The van der Waals surface area contributed by atoms with Gasteiger partial charge in [-0.3, -0.25) is 9.59 Å². The first-order valence-electron chi connectivity index (χ1n) is 5.46. The van der Waals surface area contributed by atoms with Crippen LogP contribution in [0.3, 0.4) is 0 Å². The molecule has 0 spiro atoms. The van der Waals surface area contributed by atoms with Gasteiger partial charge in [0.15, 0.2) is 0 Å². The van der Waals surface area contributed by atoms with Crippen molar-refractivity contribution in [2.75, 3.05) is 0 Å². The zero-order valence-corrected chi connectivity index (χ0v) is 10.2. The highest BCUT2D eigenvalue weighted by Gasteiger charge is 2.15. The highest BCUT2D eigenvalue weighted by molar-refractivity contribution is 5.70. The SMILES string of the molecule is CC(C)(C)OC(=O)CCCCCC(=O)ON. The van der Waals surface area contributed by atoms with Crippen molar-refractivity contribution in [1.29, 1.82) is 0 Å². The lowest BCUT2D eigenvalue weighted by molar-refractivity contribution is -0.154. The fraction of sp³-hybridized carbons (Fsp3) is 0.818. The van der Waals surface area contributed by atoms with Crippen molar-refractivity contribution in [2.45, 2.75) is 58.5 Å². The zero-order chi connectivity index (χ0) is 12.6. The summed E-state index contributed by atoms with van der Waals surface area (Å²) in [6.07, 6.45) is 2.86. The Kier molecular flexibility index (Phi) is 6.72. The second-order valence-corrected chi connectivity index (χ2v) is 4.64. The smallest absolute Gasteiger partial charge is 0.324 e. The average Bonchev–Trinajstić information content (AvgIpc) is 2.14. The molecule has 0 unspecified atom stereocenters. The molecule has 0 bridgehead atoms. The molecule has 0 radical (unpaired) electrons. The number of carbonyl (C=O) groups is 2. The molecule has 0 aliphatic heterocycles. The number of rotatable bonds is 6. The molecule has 0 fully saturated rings. The third kappa shape index (κ3) is 9.45. The van der Waals surface area contributed by atoms with Gasteiger partial charge in [-0.25, -0.2) is 0 Å². The van der Waals surface area contributed by atoms with E-state index in [4.69, 9.17) is 4.74 Å². The Hall–Kier alpha value is -1.10. The van der Waals surface area contributed by atoms with Gasteiger partial charge in [-0.05, 0) is 33.6 Å². The van der Waals surface area contributed by atoms with E-state index in [0.717, 1.165) is 6.42 Å². The summed E-state index contributed by atoms with van der Waals surface area (Å²) in [7, 11) is 0. The Bertz CT molecular complexity index is 233. The van der Waals surface area contributed by atoms with Crippen LogP contribution in [-0.4, -0.2) is 17.5 Å². The molecule has 0 atom stereocenters. The van der Waals surface area contributed by atoms with Crippen LogP contribution in [0.5, 0.6) is 0 Å². The van der Waals surface area contributed by atoms with Gasteiger partial charge in [-0.15, -0.1) is 0 Å². The topological polar surface area (TPSA) is 78.6 Å². The molecule has 0 aromatic heterocycles. The van der Waals surface area contributed by atoms with Crippen LogP contribution < -0.4 is 5.90 Å². The molecule has 0 aliphatic carbocycles. The quantitative estimate of drug-likeness (QED) is 0.427. The van der Waals surface area contributed by atoms with Gasteiger partial charge >= 0.3 is 11.9 Å². The monoisotopic (exact) mass is 231 g/mol. The third-order valence-electron chi connectivity index (χ3n) is 1.81. The van der Waals surface area contributed by atoms with Crippen molar-refractivity contribution in [2.24, 2.45) is 5.90 Å². The Morgan fingerprint density at radius 2 is 1.50 bits per heavy atom. The van der Waals surface area contributed by atoms with Crippen molar-refractivity contribution in [3.05, 3.63) is 0 Å². The molecule has 0 aliphatic rings. The molecule has 5 heteroatoms. The van der Waals surface area contributed by atoms with Gasteiger partial charge in [-0.2, -0.15) is 5.90 Å². The second-order valence-electron chi connectivity index (χ2n) is 4.64. The van der Waals surface area contributed by atoms with E-state index in [1.807, 2.05) is 20.8 Å². The van der Waals surface area contributed by atoms with E-state index >= 15 is 0 Å². The van der Waals surface area contributed by atoms with E-state index < -0.39 is 11.6 Å². The first-order valence-corrected chi connectivity index (χ1v) is 5.46. The summed E-state index contributed by atoms with van der Waals surface area (Å²) in [6, 6.07) is 0. The van der Waals surface area contributed by atoms with Gasteiger partial charge in [0.25, 0.3) is 0 Å². The maximum atomic E-state index is 11.3. The molecular formula is C11H21NO4. The fourth-order valence-corrected chi connectivity index (χ4v) is 1.17. The Labute approximate surface area is 96.2 Å². The summed E-state index contributed by atoms with van der Waals surface area (Å²) in [5, 5.41) is 0. The molecule has 0 aromatic rings. The predicted molar refractivity (Wildman–Crippen MR) is 59.2 cm³/mol. The van der Waals surface area contributed by atoms with Crippen molar-refractivity contribution in [3.8, 4) is 0 Å². The van der Waals surface area contributed by atoms with Crippen LogP contribution >= 0.6 is 0 Å². The standard InChI is InChI=1S/C11H21NO4/c1-11(2,3)15-9(13)7-5-4-6-8-10(14)16-12/h4-8,12H2,1-3H3. The molecule has 16 heavy (non-hydrogen) atoms. The van der Waals surface area contributed by atoms with E-state index in [1.54, 1.807) is 0 Å². The number of esters is 1. The minimum atomic E-state index is -0.430. The van der Waals surface area contributed by atoms with Gasteiger partial charge in [-0.1, -0.05) is 6.42 Å². The zero-order valence-electron chi connectivity index (χ0n) is 10.2. The number of hydrogen-bond acceptors (Lipinski definition) is 5. The number of unbranched alkanes of at least 4 members (excludes halogenated alkanes) is 2. The minimum absolute atomic E-state index is 0.200. The number of ether oxygens (including phenoxy) is 1. The lowest BCUT2D eigenvalue weighted by Crippen LogP contribution is -2.23. The summed E-state index contributed by atoms with van der Waals surface area (Å²) in [5.74, 6) is 4.06. The van der Waals surface area contributed by atoms with Crippen LogP contribution in [0.15, 0.2) is 0 Å². The molecule has 0 heterocycles. The highest BCUT2D eigenvalue weighted by Crippen LogP contribution is 2.11. The maximum Gasteiger partial charge on any atom is 0.324 e. The van der Waals surface area contributed by atoms with Crippen LogP contribution in [0.1, 0.15) is 52.9 Å². The van der Waals surface area contributed by atoms with Gasteiger partial charge in [0, 0.05) is 12.8 Å². The van der Waals surface area contributed by atoms with E-state index in [1.165, 1.54) is 0 Å². The largest absolute Gasteiger partial charge is 0.460 e. The van der Waals surface area contributed by atoms with Gasteiger partial charge in [0.1, 0.15) is 5.60 Å². The molecule has 5 nitrogen and oxygen atoms in total. The Balaban J connectivity index is 3.45. The van der Waals surface area contributed by atoms with Crippen LogP contribution in [0.2, 0.25) is 0 Å². The van der Waals surface area contributed by atoms with Crippen LogP contribution in [-0.2, 0) is 19.2 Å².